The zero-order valence-electron chi connectivity index (χ0n) is 18.7. The molecule has 0 amide bonds. The predicted octanol–water partition coefficient (Wildman–Crippen LogP) is 4.06. The summed E-state index contributed by atoms with van der Waals surface area (Å²) in [4.78, 5) is 24.7. The van der Waals surface area contributed by atoms with E-state index in [9.17, 15) is 9.59 Å². The van der Waals surface area contributed by atoms with Crippen molar-refractivity contribution in [3.8, 4) is 11.5 Å². The predicted molar refractivity (Wildman–Crippen MR) is 128 cm³/mol. The van der Waals surface area contributed by atoms with Gasteiger partial charge in [0.05, 0.1) is 6.54 Å². The van der Waals surface area contributed by atoms with Gasteiger partial charge in [0.25, 0.3) is 5.56 Å². The molecular weight excluding hydrogens is 416 g/mol. The van der Waals surface area contributed by atoms with E-state index in [2.05, 4.69) is 0 Å². The lowest BCUT2D eigenvalue weighted by Crippen LogP contribution is -2.38. The number of aromatic nitrogens is 2. The molecule has 0 bridgehead atoms. The number of nitrogens with zero attached hydrogens (tertiary/aromatic N) is 2. The van der Waals surface area contributed by atoms with E-state index >= 15 is 0 Å². The lowest BCUT2D eigenvalue weighted by atomic mass is 10.2. The molecule has 168 valence electrons. The number of ether oxygens (including phenoxy) is 2. The lowest BCUT2D eigenvalue weighted by Gasteiger charge is -2.14. The molecule has 0 aliphatic rings. The van der Waals surface area contributed by atoms with Crippen LogP contribution >= 0.6 is 0 Å². The minimum Gasteiger partial charge on any atom is -0.489 e. The molecule has 0 fully saturated rings. The average Bonchev–Trinajstić information content (AvgIpc) is 2.85. The first kappa shape index (κ1) is 22.1. The molecule has 1 heterocycles. The molecule has 0 saturated heterocycles. The van der Waals surface area contributed by atoms with Crippen LogP contribution in [0.2, 0.25) is 0 Å². The molecule has 0 saturated carbocycles. The van der Waals surface area contributed by atoms with Crippen LogP contribution in [0.5, 0.6) is 11.5 Å². The van der Waals surface area contributed by atoms with E-state index < -0.39 is 0 Å². The number of hydrogen-bond donors (Lipinski definition) is 0. The third kappa shape index (κ3) is 5.60. The highest BCUT2D eigenvalue weighted by molar-refractivity contribution is 5.39. The van der Waals surface area contributed by atoms with Gasteiger partial charge >= 0.3 is 5.69 Å². The maximum absolute atomic E-state index is 12.6. The molecule has 0 radical (unpaired) electrons. The van der Waals surface area contributed by atoms with Gasteiger partial charge in [-0.1, -0.05) is 60.7 Å². The summed E-state index contributed by atoms with van der Waals surface area (Å²) in [5.41, 5.74) is 2.80. The van der Waals surface area contributed by atoms with Crippen LogP contribution < -0.4 is 20.7 Å². The molecule has 0 atom stereocenters. The summed E-state index contributed by atoms with van der Waals surface area (Å²) in [6.45, 7) is 2.83. The van der Waals surface area contributed by atoms with E-state index in [0.717, 1.165) is 21.3 Å². The molecule has 4 aromatic rings. The molecule has 0 aliphatic carbocycles. The number of rotatable bonds is 8. The maximum Gasteiger partial charge on any atom is 0.331 e. The molecule has 0 unspecified atom stereocenters. The fourth-order valence-corrected chi connectivity index (χ4v) is 3.57. The third-order valence-electron chi connectivity index (χ3n) is 5.31. The van der Waals surface area contributed by atoms with Crippen LogP contribution in [-0.4, -0.2) is 9.13 Å². The van der Waals surface area contributed by atoms with Gasteiger partial charge in [0, 0.05) is 24.9 Å². The Bertz CT molecular complexity index is 1280. The first-order valence-corrected chi connectivity index (χ1v) is 10.7. The van der Waals surface area contributed by atoms with E-state index in [-0.39, 0.29) is 17.8 Å². The van der Waals surface area contributed by atoms with Crippen LogP contribution in [0, 0.1) is 6.92 Å². The summed E-state index contributed by atoms with van der Waals surface area (Å²) in [6, 6.07) is 25.5. The van der Waals surface area contributed by atoms with Crippen molar-refractivity contribution >= 4 is 0 Å². The Labute approximate surface area is 192 Å². The summed E-state index contributed by atoms with van der Waals surface area (Å²) >= 11 is 0. The maximum atomic E-state index is 12.6. The Morgan fingerprint density at radius 1 is 0.727 bits per heavy atom. The van der Waals surface area contributed by atoms with E-state index in [1.165, 1.54) is 11.6 Å². The van der Waals surface area contributed by atoms with Gasteiger partial charge in [0.1, 0.15) is 24.7 Å². The normalized spacial score (nSPS) is 10.7. The zero-order valence-corrected chi connectivity index (χ0v) is 18.7. The van der Waals surface area contributed by atoms with Crippen LogP contribution in [0.1, 0.15) is 22.3 Å². The van der Waals surface area contributed by atoms with Gasteiger partial charge in [0.2, 0.25) is 0 Å². The van der Waals surface area contributed by atoms with Crippen molar-refractivity contribution in [3.05, 3.63) is 128 Å². The van der Waals surface area contributed by atoms with Crippen LogP contribution in [0.3, 0.4) is 0 Å². The van der Waals surface area contributed by atoms with E-state index in [4.69, 9.17) is 9.47 Å². The van der Waals surface area contributed by atoms with Crippen molar-refractivity contribution < 1.29 is 9.47 Å². The molecule has 0 N–H and O–H groups in total. The summed E-state index contributed by atoms with van der Waals surface area (Å²) < 4.78 is 14.7. The standard InChI is InChI=1S/C27H26N2O4/c1-20-16-29(27(31)28(2)26(20)30)17-23-13-24(32-18-21-9-5-3-6-10-21)15-25(14-23)33-19-22-11-7-4-8-12-22/h3-16H,17-19H2,1-2H3. The van der Waals surface area contributed by atoms with Crippen molar-refractivity contribution in [1.82, 2.24) is 9.13 Å². The number of hydrogen-bond acceptors (Lipinski definition) is 4. The summed E-state index contributed by atoms with van der Waals surface area (Å²) in [5.74, 6) is 1.29. The molecule has 3 aromatic carbocycles. The van der Waals surface area contributed by atoms with Crippen LogP contribution in [-0.2, 0) is 26.8 Å². The van der Waals surface area contributed by atoms with Gasteiger partial charge in [-0.2, -0.15) is 0 Å². The smallest absolute Gasteiger partial charge is 0.331 e. The molecule has 4 rings (SSSR count). The Morgan fingerprint density at radius 3 is 1.76 bits per heavy atom. The second-order valence-corrected chi connectivity index (χ2v) is 7.95. The molecule has 6 nitrogen and oxygen atoms in total. The van der Waals surface area contributed by atoms with Crippen LogP contribution in [0.4, 0.5) is 0 Å². The Morgan fingerprint density at radius 2 is 1.24 bits per heavy atom. The molecular formula is C27H26N2O4. The summed E-state index contributed by atoms with van der Waals surface area (Å²) in [6.07, 6.45) is 1.59. The van der Waals surface area contributed by atoms with E-state index in [1.807, 2.05) is 78.9 Å². The minimum absolute atomic E-state index is 0.289. The van der Waals surface area contributed by atoms with Crippen molar-refractivity contribution in [2.45, 2.75) is 26.7 Å². The quantitative estimate of drug-likeness (QED) is 0.413. The fraction of sp³-hybridized carbons (Fsp3) is 0.185. The number of benzene rings is 3. The first-order valence-electron chi connectivity index (χ1n) is 10.7. The molecule has 33 heavy (non-hydrogen) atoms. The van der Waals surface area contributed by atoms with Gasteiger partial charge in [-0.15, -0.1) is 0 Å². The van der Waals surface area contributed by atoms with Crippen LogP contribution in [0.15, 0.2) is 94.6 Å². The highest BCUT2D eigenvalue weighted by atomic mass is 16.5. The average molecular weight is 443 g/mol. The highest BCUT2D eigenvalue weighted by Crippen LogP contribution is 2.25. The fourth-order valence-electron chi connectivity index (χ4n) is 3.57. The van der Waals surface area contributed by atoms with Crippen LogP contribution in [0.25, 0.3) is 0 Å². The van der Waals surface area contributed by atoms with E-state index in [1.54, 1.807) is 13.1 Å². The largest absolute Gasteiger partial charge is 0.489 e. The van der Waals surface area contributed by atoms with Crippen molar-refractivity contribution in [1.29, 1.82) is 0 Å². The van der Waals surface area contributed by atoms with Gasteiger partial charge in [-0.3, -0.25) is 13.9 Å². The van der Waals surface area contributed by atoms with E-state index in [0.29, 0.717) is 30.3 Å². The van der Waals surface area contributed by atoms with Gasteiger partial charge < -0.3 is 9.47 Å². The monoisotopic (exact) mass is 442 g/mol. The topological polar surface area (TPSA) is 62.5 Å². The highest BCUT2D eigenvalue weighted by Gasteiger charge is 2.09. The van der Waals surface area contributed by atoms with Gasteiger partial charge in [-0.25, -0.2) is 4.79 Å². The first-order chi connectivity index (χ1) is 16.0. The Kier molecular flexibility index (Phi) is 6.74. The molecule has 6 heteroatoms. The summed E-state index contributed by atoms with van der Waals surface area (Å²) in [5, 5.41) is 0. The summed E-state index contributed by atoms with van der Waals surface area (Å²) in [7, 11) is 1.49. The minimum atomic E-state index is -0.368. The second kappa shape index (κ2) is 10.0. The lowest BCUT2D eigenvalue weighted by molar-refractivity contribution is 0.289. The Balaban J connectivity index is 1.61. The Hall–Kier alpha value is -4.06. The SMILES string of the molecule is Cc1cn(Cc2cc(OCc3ccccc3)cc(OCc3ccccc3)c2)c(=O)n(C)c1=O. The van der Waals surface area contributed by atoms with Crippen molar-refractivity contribution in [2.24, 2.45) is 7.05 Å². The second-order valence-electron chi connectivity index (χ2n) is 7.95. The zero-order chi connectivity index (χ0) is 23.2. The molecule has 0 aliphatic heterocycles. The molecule has 1 aromatic heterocycles. The third-order valence-corrected chi connectivity index (χ3v) is 5.31. The van der Waals surface area contributed by atoms with Gasteiger partial charge in [0.15, 0.2) is 0 Å². The van der Waals surface area contributed by atoms with Crippen molar-refractivity contribution in [2.75, 3.05) is 0 Å². The number of aryl methyl sites for hydroxylation is 1. The molecule has 0 spiro atoms. The van der Waals surface area contributed by atoms with Crippen molar-refractivity contribution in [3.63, 3.8) is 0 Å². The van der Waals surface area contributed by atoms with Gasteiger partial charge in [-0.05, 0) is 35.7 Å².